The van der Waals surface area contributed by atoms with Gasteiger partial charge in [-0.2, -0.15) is 0 Å². The van der Waals surface area contributed by atoms with Crippen molar-refractivity contribution >= 4 is 12.1 Å². The Morgan fingerprint density at radius 1 is 0.958 bits per heavy atom. The van der Waals surface area contributed by atoms with E-state index in [4.69, 9.17) is 4.74 Å². The summed E-state index contributed by atoms with van der Waals surface area (Å²) in [7, 11) is 0. The fraction of sp³-hybridized carbons (Fsp3) is 0.263. The quantitative estimate of drug-likeness (QED) is 0.829. The van der Waals surface area contributed by atoms with Crippen LogP contribution in [-0.2, 0) is 22.6 Å². The molecule has 3 rings (SSSR count). The number of nitrogens with zero attached hydrogens (tertiary/aromatic N) is 1. The number of rotatable bonds is 6. The van der Waals surface area contributed by atoms with Crippen LogP contribution >= 0.6 is 0 Å². The average molecular weight is 325 g/mol. The second kappa shape index (κ2) is 7.17. The second-order valence-corrected chi connectivity index (χ2v) is 5.82. The van der Waals surface area contributed by atoms with Crippen molar-refractivity contribution < 1.29 is 19.4 Å². The molecule has 0 unspecified atom stereocenters. The Labute approximate surface area is 140 Å². The van der Waals surface area contributed by atoms with E-state index in [9.17, 15) is 14.7 Å². The fourth-order valence-electron chi connectivity index (χ4n) is 2.86. The van der Waals surface area contributed by atoms with Crippen LogP contribution in [0.1, 0.15) is 17.5 Å². The van der Waals surface area contributed by atoms with Crippen LogP contribution in [0, 0.1) is 0 Å². The van der Waals surface area contributed by atoms with Gasteiger partial charge in [-0.1, -0.05) is 60.7 Å². The number of aliphatic carboxylic acids is 1. The molecular formula is C19H19NO4. The lowest BCUT2D eigenvalue weighted by Gasteiger charge is -2.07. The summed E-state index contributed by atoms with van der Waals surface area (Å²) in [6.45, 7) is 0.147. The van der Waals surface area contributed by atoms with Crippen LogP contribution in [0.25, 0.3) is 0 Å². The smallest absolute Gasteiger partial charge is 0.411 e. The zero-order valence-corrected chi connectivity index (χ0v) is 13.2. The molecule has 1 N–H and O–H groups in total. The largest absolute Gasteiger partial charge is 0.480 e. The van der Waals surface area contributed by atoms with E-state index in [1.165, 1.54) is 4.90 Å². The summed E-state index contributed by atoms with van der Waals surface area (Å²) in [5.74, 6) is -0.982. The number of carbonyl (C=O) groups is 2. The maximum Gasteiger partial charge on any atom is 0.411 e. The van der Waals surface area contributed by atoms with Crippen LogP contribution in [0.2, 0.25) is 0 Å². The highest BCUT2D eigenvalue weighted by molar-refractivity contribution is 5.87. The second-order valence-electron chi connectivity index (χ2n) is 5.82. The minimum Gasteiger partial charge on any atom is -0.480 e. The Hall–Kier alpha value is -2.82. The van der Waals surface area contributed by atoms with E-state index in [-0.39, 0.29) is 12.6 Å². The third-order valence-corrected chi connectivity index (χ3v) is 4.17. The maximum absolute atomic E-state index is 12.2. The van der Waals surface area contributed by atoms with Crippen LogP contribution in [0.15, 0.2) is 60.7 Å². The normalized spacial score (nSPS) is 18.9. The molecule has 1 amide bonds. The number of amides is 1. The molecule has 2 aromatic rings. The van der Waals surface area contributed by atoms with Crippen LogP contribution in [0.4, 0.5) is 4.79 Å². The zero-order chi connectivity index (χ0) is 16.9. The summed E-state index contributed by atoms with van der Waals surface area (Å²) in [6.07, 6.45) is 0.781. The number of carbonyl (C=O) groups excluding carboxylic acids is 1. The average Bonchev–Trinajstić information content (AvgIpc) is 3.34. The van der Waals surface area contributed by atoms with Crippen LogP contribution in [0.3, 0.4) is 0 Å². The lowest BCUT2D eigenvalue weighted by Crippen LogP contribution is -2.19. The van der Waals surface area contributed by atoms with Crippen molar-refractivity contribution in [2.24, 2.45) is 0 Å². The predicted molar refractivity (Wildman–Crippen MR) is 88.4 cm³/mol. The molecule has 2 aromatic carbocycles. The molecule has 1 heterocycles. The highest BCUT2D eigenvalue weighted by atomic mass is 16.6. The first-order valence-electron chi connectivity index (χ1n) is 7.92. The van der Waals surface area contributed by atoms with Crippen molar-refractivity contribution in [2.45, 2.75) is 31.5 Å². The van der Waals surface area contributed by atoms with E-state index in [1.807, 2.05) is 60.7 Å². The molecule has 1 saturated heterocycles. The van der Waals surface area contributed by atoms with Gasteiger partial charge in [-0.3, -0.25) is 4.90 Å². The van der Waals surface area contributed by atoms with Gasteiger partial charge in [-0.05, 0) is 24.0 Å². The van der Waals surface area contributed by atoms with Gasteiger partial charge in [0.1, 0.15) is 6.61 Å². The summed E-state index contributed by atoms with van der Waals surface area (Å²) in [5.41, 5.74) is 2.01. The third kappa shape index (κ3) is 3.74. The summed E-state index contributed by atoms with van der Waals surface area (Å²) >= 11 is 0. The Balaban J connectivity index is 1.55. The SMILES string of the molecule is O=C(O)[C@@H]1[C@@H](CCc2ccccc2)N1C(=O)OCc1ccccc1. The van der Waals surface area contributed by atoms with Crippen LogP contribution in [-0.4, -0.2) is 34.2 Å². The minimum atomic E-state index is -0.982. The third-order valence-electron chi connectivity index (χ3n) is 4.17. The Morgan fingerprint density at radius 3 is 2.12 bits per heavy atom. The molecule has 0 aliphatic carbocycles. The molecule has 2 atom stereocenters. The van der Waals surface area contributed by atoms with Crippen molar-refractivity contribution in [3.63, 3.8) is 0 Å². The van der Waals surface area contributed by atoms with Crippen molar-refractivity contribution in [1.29, 1.82) is 0 Å². The molecule has 1 fully saturated rings. The molecule has 5 heteroatoms. The standard InChI is InChI=1S/C19H19NO4/c21-18(22)17-16(12-11-14-7-3-1-4-8-14)20(17)19(23)24-13-15-9-5-2-6-10-15/h1-10,16-17H,11-13H2,(H,21,22)/t16-,17+,20?/m1/s1. The number of ether oxygens (including phenoxy) is 1. The molecule has 5 nitrogen and oxygen atoms in total. The first-order valence-corrected chi connectivity index (χ1v) is 7.92. The van der Waals surface area contributed by atoms with Crippen LogP contribution in [0.5, 0.6) is 0 Å². The highest BCUT2D eigenvalue weighted by Gasteiger charge is 2.56. The van der Waals surface area contributed by atoms with Gasteiger partial charge in [0, 0.05) is 0 Å². The highest BCUT2D eigenvalue weighted by Crippen LogP contribution is 2.33. The topological polar surface area (TPSA) is 66.6 Å². The Bertz CT molecular complexity index is 702. The first kappa shape index (κ1) is 16.1. The minimum absolute atomic E-state index is 0.147. The van der Waals surface area contributed by atoms with Gasteiger partial charge in [-0.25, -0.2) is 9.59 Å². The monoisotopic (exact) mass is 325 g/mol. The summed E-state index contributed by atoms with van der Waals surface area (Å²) < 4.78 is 5.24. The van der Waals surface area contributed by atoms with Gasteiger partial charge in [0.25, 0.3) is 0 Å². The van der Waals surface area contributed by atoms with Gasteiger partial charge in [0.2, 0.25) is 0 Å². The molecule has 0 aromatic heterocycles. The van der Waals surface area contributed by atoms with E-state index in [1.54, 1.807) is 0 Å². The van der Waals surface area contributed by atoms with Gasteiger partial charge < -0.3 is 9.84 Å². The van der Waals surface area contributed by atoms with Gasteiger partial charge >= 0.3 is 12.1 Å². The van der Waals surface area contributed by atoms with Gasteiger partial charge in [0.15, 0.2) is 6.04 Å². The number of aryl methyl sites for hydroxylation is 1. The van der Waals surface area contributed by atoms with Crippen molar-refractivity contribution in [3.05, 3.63) is 71.8 Å². The van der Waals surface area contributed by atoms with Crippen molar-refractivity contribution in [2.75, 3.05) is 0 Å². The number of benzene rings is 2. The van der Waals surface area contributed by atoms with E-state index < -0.39 is 18.1 Å². The molecule has 1 aliphatic rings. The van der Waals surface area contributed by atoms with E-state index >= 15 is 0 Å². The molecular weight excluding hydrogens is 306 g/mol. The maximum atomic E-state index is 12.2. The summed E-state index contributed by atoms with van der Waals surface area (Å²) in [6, 6.07) is 18.1. The van der Waals surface area contributed by atoms with E-state index in [0.29, 0.717) is 6.42 Å². The Kier molecular flexibility index (Phi) is 4.79. The molecule has 0 bridgehead atoms. The Morgan fingerprint density at radius 2 is 1.54 bits per heavy atom. The van der Waals surface area contributed by atoms with Crippen molar-refractivity contribution in [3.8, 4) is 0 Å². The molecule has 0 radical (unpaired) electrons. The van der Waals surface area contributed by atoms with Crippen molar-refractivity contribution in [1.82, 2.24) is 4.90 Å². The molecule has 124 valence electrons. The summed E-state index contributed by atoms with van der Waals surface area (Å²) in [4.78, 5) is 24.8. The number of hydrogen-bond donors (Lipinski definition) is 1. The van der Waals surface area contributed by atoms with Crippen LogP contribution < -0.4 is 0 Å². The predicted octanol–water partition coefficient (Wildman–Crippen LogP) is 3.09. The molecule has 1 aliphatic heterocycles. The summed E-state index contributed by atoms with van der Waals surface area (Å²) in [5, 5.41) is 9.28. The lowest BCUT2D eigenvalue weighted by molar-refractivity contribution is -0.137. The van der Waals surface area contributed by atoms with E-state index in [0.717, 1.165) is 17.5 Å². The lowest BCUT2D eigenvalue weighted by atomic mass is 10.1. The molecule has 0 spiro atoms. The van der Waals surface area contributed by atoms with E-state index in [2.05, 4.69) is 0 Å². The fourth-order valence-corrected chi connectivity index (χ4v) is 2.86. The van der Waals surface area contributed by atoms with Gasteiger partial charge in [0.05, 0.1) is 6.04 Å². The number of carboxylic acids is 1. The number of hydrogen-bond acceptors (Lipinski definition) is 3. The molecule has 24 heavy (non-hydrogen) atoms. The first-order chi connectivity index (χ1) is 11.7. The molecule has 0 saturated carbocycles. The van der Waals surface area contributed by atoms with Gasteiger partial charge in [-0.15, -0.1) is 0 Å². The zero-order valence-electron chi connectivity index (χ0n) is 13.2. The number of carboxylic acid groups (broad SMARTS) is 1.